The molecule has 21 heavy (non-hydrogen) atoms. The fourth-order valence-corrected chi connectivity index (χ4v) is 2.89. The van der Waals surface area contributed by atoms with Crippen LogP contribution in [0.5, 0.6) is 0 Å². The Bertz CT molecular complexity index is 595. The van der Waals surface area contributed by atoms with E-state index in [-0.39, 0.29) is 0 Å². The zero-order valence-corrected chi connectivity index (χ0v) is 12.7. The number of rotatable bonds is 4. The standard InChI is InChI=1S/C18H23N3/c1-2-19-13-17-10-5-11-18(20-17)21-12-6-9-15-7-3-4-8-16(15)14-21/h3-5,7-8,10-11,19H,2,6,9,12-14H2,1H3. The highest BCUT2D eigenvalue weighted by Crippen LogP contribution is 2.22. The summed E-state index contributed by atoms with van der Waals surface area (Å²) < 4.78 is 0. The van der Waals surface area contributed by atoms with E-state index in [0.29, 0.717) is 0 Å². The van der Waals surface area contributed by atoms with Gasteiger partial charge in [0.25, 0.3) is 0 Å². The molecule has 0 amide bonds. The van der Waals surface area contributed by atoms with Gasteiger partial charge in [0.05, 0.1) is 5.69 Å². The summed E-state index contributed by atoms with van der Waals surface area (Å²) in [5, 5.41) is 3.34. The molecule has 0 aliphatic carbocycles. The van der Waals surface area contributed by atoms with Crippen LogP contribution in [0.15, 0.2) is 42.5 Å². The number of hydrogen-bond acceptors (Lipinski definition) is 3. The lowest BCUT2D eigenvalue weighted by Crippen LogP contribution is -2.24. The van der Waals surface area contributed by atoms with E-state index in [4.69, 9.17) is 4.98 Å². The van der Waals surface area contributed by atoms with E-state index in [1.807, 2.05) is 0 Å². The molecule has 0 saturated carbocycles. The van der Waals surface area contributed by atoms with Crippen LogP contribution in [0.3, 0.4) is 0 Å². The van der Waals surface area contributed by atoms with E-state index < -0.39 is 0 Å². The fourth-order valence-electron chi connectivity index (χ4n) is 2.89. The number of aromatic nitrogens is 1. The van der Waals surface area contributed by atoms with E-state index in [1.165, 1.54) is 24.0 Å². The van der Waals surface area contributed by atoms with Gasteiger partial charge in [0.15, 0.2) is 0 Å². The number of nitrogens with zero attached hydrogens (tertiary/aromatic N) is 2. The van der Waals surface area contributed by atoms with Gasteiger partial charge in [0.1, 0.15) is 5.82 Å². The predicted molar refractivity (Wildman–Crippen MR) is 87.4 cm³/mol. The molecule has 1 aromatic carbocycles. The molecule has 0 atom stereocenters. The van der Waals surface area contributed by atoms with E-state index in [9.17, 15) is 0 Å². The molecule has 0 fully saturated rings. The van der Waals surface area contributed by atoms with Crippen LogP contribution in [0.25, 0.3) is 0 Å². The maximum absolute atomic E-state index is 4.81. The first-order valence-electron chi connectivity index (χ1n) is 7.85. The van der Waals surface area contributed by atoms with Gasteiger partial charge >= 0.3 is 0 Å². The number of hydrogen-bond donors (Lipinski definition) is 1. The highest BCUT2D eigenvalue weighted by atomic mass is 15.2. The van der Waals surface area contributed by atoms with Gasteiger partial charge in [0, 0.05) is 19.6 Å². The molecule has 3 nitrogen and oxygen atoms in total. The SMILES string of the molecule is CCNCc1cccc(N2CCCc3ccccc3C2)n1. The molecule has 0 saturated heterocycles. The summed E-state index contributed by atoms with van der Waals surface area (Å²) >= 11 is 0. The number of fused-ring (bicyclic) bond motifs is 1. The maximum Gasteiger partial charge on any atom is 0.129 e. The summed E-state index contributed by atoms with van der Waals surface area (Å²) in [5.74, 6) is 1.10. The highest BCUT2D eigenvalue weighted by Gasteiger charge is 2.15. The summed E-state index contributed by atoms with van der Waals surface area (Å²) in [4.78, 5) is 7.22. The normalized spacial score (nSPS) is 14.6. The molecule has 2 heterocycles. The largest absolute Gasteiger partial charge is 0.352 e. The van der Waals surface area contributed by atoms with Gasteiger partial charge in [-0.2, -0.15) is 0 Å². The lowest BCUT2D eigenvalue weighted by atomic mass is 10.0. The summed E-state index contributed by atoms with van der Waals surface area (Å²) in [6.07, 6.45) is 2.36. The minimum atomic E-state index is 0.842. The molecule has 1 aromatic heterocycles. The second-order valence-electron chi connectivity index (χ2n) is 5.56. The smallest absolute Gasteiger partial charge is 0.129 e. The molecule has 110 valence electrons. The van der Waals surface area contributed by atoms with Crippen molar-refractivity contribution in [1.29, 1.82) is 0 Å². The summed E-state index contributed by atoms with van der Waals surface area (Å²) in [5.41, 5.74) is 4.05. The van der Waals surface area contributed by atoms with Gasteiger partial charge in [-0.05, 0) is 42.6 Å². The Kier molecular flexibility index (Phi) is 4.51. The molecular formula is C18H23N3. The predicted octanol–water partition coefficient (Wildman–Crippen LogP) is 3.14. The van der Waals surface area contributed by atoms with Gasteiger partial charge in [-0.15, -0.1) is 0 Å². The summed E-state index contributed by atoms with van der Waals surface area (Å²) in [7, 11) is 0. The third-order valence-electron chi connectivity index (χ3n) is 4.03. The average molecular weight is 281 g/mol. The molecule has 2 aromatic rings. The third-order valence-corrected chi connectivity index (χ3v) is 4.03. The minimum Gasteiger partial charge on any atom is -0.352 e. The van der Waals surface area contributed by atoms with E-state index in [2.05, 4.69) is 59.6 Å². The molecule has 3 heteroatoms. The minimum absolute atomic E-state index is 0.842. The average Bonchev–Trinajstić information content (AvgIpc) is 2.75. The molecular weight excluding hydrogens is 258 g/mol. The van der Waals surface area contributed by atoms with Gasteiger partial charge in [-0.1, -0.05) is 37.3 Å². The number of pyridine rings is 1. The Hall–Kier alpha value is -1.87. The molecule has 0 spiro atoms. The molecule has 0 unspecified atom stereocenters. The Morgan fingerprint density at radius 3 is 2.81 bits per heavy atom. The fraction of sp³-hybridized carbons (Fsp3) is 0.389. The van der Waals surface area contributed by atoms with E-state index >= 15 is 0 Å². The topological polar surface area (TPSA) is 28.2 Å². The van der Waals surface area contributed by atoms with Gasteiger partial charge in [0.2, 0.25) is 0 Å². The van der Waals surface area contributed by atoms with Crippen molar-refractivity contribution in [2.24, 2.45) is 0 Å². The molecule has 0 bridgehead atoms. The van der Waals surface area contributed by atoms with E-state index in [0.717, 1.165) is 37.7 Å². The quantitative estimate of drug-likeness (QED) is 0.933. The first-order valence-corrected chi connectivity index (χ1v) is 7.85. The molecule has 1 aliphatic heterocycles. The third kappa shape index (κ3) is 3.42. The van der Waals surface area contributed by atoms with Crippen molar-refractivity contribution in [3.63, 3.8) is 0 Å². The first kappa shape index (κ1) is 14.1. The molecule has 0 radical (unpaired) electrons. The molecule has 1 aliphatic rings. The summed E-state index contributed by atoms with van der Waals surface area (Å²) in [6, 6.07) is 15.1. The number of benzene rings is 1. The van der Waals surface area contributed by atoms with Crippen LogP contribution in [0.4, 0.5) is 5.82 Å². The summed E-state index contributed by atoms with van der Waals surface area (Å²) in [6.45, 7) is 5.98. The Labute approximate surface area is 127 Å². The Morgan fingerprint density at radius 2 is 1.95 bits per heavy atom. The van der Waals surface area contributed by atoms with Crippen molar-refractivity contribution in [2.45, 2.75) is 32.9 Å². The van der Waals surface area contributed by atoms with Crippen molar-refractivity contribution in [2.75, 3.05) is 18.0 Å². The van der Waals surface area contributed by atoms with Gasteiger partial charge in [-0.3, -0.25) is 0 Å². The van der Waals surface area contributed by atoms with Crippen molar-refractivity contribution in [1.82, 2.24) is 10.3 Å². The van der Waals surface area contributed by atoms with Crippen molar-refractivity contribution in [3.8, 4) is 0 Å². The number of anilines is 1. The lowest BCUT2D eigenvalue weighted by Gasteiger charge is -2.22. The van der Waals surface area contributed by atoms with Crippen LogP contribution < -0.4 is 10.2 Å². The maximum atomic E-state index is 4.81. The van der Waals surface area contributed by atoms with E-state index in [1.54, 1.807) is 0 Å². The van der Waals surface area contributed by atoms with Gasteiger partial charge < -0.3 is 10.2 Å². The van der Waals surface area contributed by atoms with Crippen molar-refractivity contribution >= 4 is 5.82 Å². The van der Waals surface area contributed by atoms with Crippen LogP contribution in [-0.2, 0) is 19.5 Å². The highest BCUT2D eigenvalue weighted by molar-refractivity contribution is 5.43. The number of aryl methyl sites for hydroxylation is 1. The van der Waals surface area contributed by atoms with Crippen LogP contribution >= 0.6 is 0 Å². The van der Waals surface area contributed by atoms with Crippen LogP contribution in [0.2, 0.25) is 0 Å². The zero-order valence-electron chi connectivity index (χ0n) is 12.7. The number of nitrogens with one attached hydrogen (secondary N) is 1. The molecule has 1 N–H and O–H groups in total. The second-order valence-corrected chi connectivity index (χ2v) is 5.56. The van der Waals surface area contributed by atoms with Crippen LogP contribution in [0, 0.1) is 0 Å². The first-order chi connectivity index (χ1) is 10.4. The van der Waals surface area contributed by atoms with Crippen molar-refractivity contribution < 1.29 is 0 Å². The Morgan fingerprint density at radius 1 is 1.10 bits per heavy atom. The second kappa shape index (κ2) is 6.72. The van der Waals surface area contributed by atoms with Crippen LogP contribution in [-0.4, -0.2) is 18.1 Å². The zero-order chi connectivity index (χ0) is 14.5. The monoisotopic (exact) mass is 281 g/mol. The lowest BCUT2D eigenvalue weighted by molar-refractivity contribution is 0.702. The van der Waals surface area contributed by atoms with Gasteiger partial charge in [-0.25, -0.2) is 4.98 Å². The molecule has 3 rings (SSSR count). The van der Waals surface area contributed by atoms with Crippen molar-refractivity contribution in [3.05, 3.63) is 59.3 Å². The Balaban J connectivity index is 1.80. The van der Waals surface area contributed by atoms with Crippen LogP contribution in [0.1, 0.15) is 30.2 Å².